The van der Waals surface area contributed by atoms with E-state index in [9.17, 15) is 4.79 Å². The number of thiocarbonyl (C=S) groups is 1. The minimum absolute atomic E-state index is 0.141. The molecule has 1 aliphatic heterocycles. The molecule has 5 rings (SSSR count). The van der Waals surface area contributed by atoms with Crippen LogP contribution in [0.2, 0.25) is 0 Å². The van der Waals surface area contributed by atoms with E-state index in [2.05, 4.69) is 40.2 Å². The lowest BCUT2D eigenvalue weighted by Crippen LogP contribution is -2.27. The predicted octanol–water partition coefficient (Wildman–Crippen LogP) is 7.60. The molecular formula is C28H20BrNO3S2. The molecule has 35 heavy (non-hydrogen) atoms. The fraction of sp³-hybridized carbons (Fsp3) is 0.0714. The van der Waals surface area contributed by atoms with Crippen LogP contribution in [0.3, 0.4) is 0 Å². The van der Waals surface area contributed by atoms with Crippen LogP contribution >= 0.6 is 39.9 Å². The Hall–Kier alpha value is -3.13. The van der Waals surface area contributed by atoms with E-state index >= 15 is 0 Å². The summed E-state index contributed by atoms with van der Waals surface area (Å²) in [6.45, 7) is 0.394. The molecule has 0 N–H and O–H groups in total. The van der Waals surface area contributed by atoms with E-state index < -0.39 is 0 Å². The molecule has 1 saturated heterocycles. The number of fused-ring (bicyclic) bond motifs is 1. The number of amides is 1. The van der Waals surface area contributed by atoms with Crippen LogP contribution in [0.4, 0.5) is 5.69 Å². The van der Waals surface area contributed by atoms with Crippen molar-refractivity contribution in [3.63, 3.8) is 0 Å². The number of ether oxygens (including phenoxy) is 2. The maximum atomic E-state index is 13.1. The quantitative estimate of drug-likeness (QED) is 0.179. The lowest BCUT2D eigenvalue weighted by Gasteiger charge is -2.15. The summed E-state index contributed by atoms with van der Waals surface area (Å²) in [6.07, 6.45) is 1.82. The molecule has 4 aromatic rings. The van der Waals surface area contributed by atoms with E-state index in [0.717, 1.165) is 26.7 Å². The van der Waals surface area contributed by atoms with Crippen LogP contribution in [-0.4, -0.2) is 17.3 Å². The van der Waals surface area contributed by atoms with Crippen molar-refractivity contribution >= 4 is 72.7 Å². The molecule has 1 amide bonds. The summed E-state index contributed by atoms with van der Waals surface area (Å²) < 4.78 is 13.1. The number of anilines is 1. The Kier molecular flexibility index (Phi) is 6.90. The Morgan fingerprint density at radius 1 is 1.00 bits per heavy atom. The maximum absolute atomic E-state index is 13.1. The number of hydrogen-bond donors (Lipinski definition) is 0. The highest BCUT2D eigenvalue weighted by Crippen LogP contribution is 2.40. The van der Waals surface area contributed by atoms with Gasteiger partial charge in [0.25, 0.3) is 5.91 Å². The van der Waals surface area contributed by atoms with Crippen LogP contribution in [-0.2, 0) is 11.4 Å². The van der Waals surface area contributed by atoms with Gasteiger partial charge in [0.15, 0.2) is 15.8 Å². The molecule has 0 atom stereocenters. The van der Waals surface area contributed by atoms with Crippen molar-refractivity contribution < 1.29 is 14.3 Å². The van der Waals surface area contributed by atoms with Gasteiger partial charge in [-0.25, -0.2) is 0 Å². The van der Waals surface area contributed by atoms with Crippen molar-refractivity contribution in [3.8, 4) is 11.5 Å². The van der Waals surface area contributed by atoms with Gasteiger partial charge in [-0.3, -0.25) is 9.69 Å². The van der Waals surface area contributed by atoms with Gasteiger partial charge in [-0.15, -0.1) is 0 Å². The zero-order chi connectivity index (χ0) is 24.4. The van der Waals surface area contributed by atoms with Crippen LogP contribution in [0.5, 0.6) is 11.5 Å². The Bertz CT molecular complexity index is 1460. The van der Waals surface area contributed by atoms with Gasteiger partial charge >= 0.3 is 0 Å². The Balaban J connectivity index is 1.40. The Morgan fingerprint density at radius 2 is 1.74 bits per heavy atom. The van der Waals surface area contributed by atoms with Gasteiger partial charge in [0.1, 0.15) is 6.61 Å². The maximum Gasteiger partial charge on any atom is 0.270 e. The Labute approximate surface area is 221 Å². The van der Waals surface area contributed by atoms with E-state index in [1.165, 1.54) is 17.1 Å². The molecule has 0 spiro atoms. The highest BCUT2D eigenvalue weighted by atomic mass is 79.9. The average molecular weight is 563 g/mol. The summed E-state index contributed by atoms with van der Waals surface area (Å²) in [5.74, 6) is 1.04. The number of halogens is 1. The number of rotatable bonds is 6. The number of para-hydroxylation sites is 1. The molecule has 0 aliphatic carbocycles. The molecule has 0 aromatic heterocycles. The second kappa shape index (κ2) is 10.2. The minimum Gasteiger partial charge on any atom is -0.493 e. The predicted molar refractivity (Wildman–Crippen MR) is 151 cm³/mol. The van der Waals surface area contributed by atoms with Gasteiger partial charge in [0, 0.05) is 0 Å². The van der Waals surface area contributed by atoms with Crippen molar-refractivity contribution in [2.24, 2.45) is 0 Å². The van der Waals surface area contributed by atoms with Gasteiger partial charge in [-0.2, -0.15) is 0 Å². The summed E-state index contributed by atoms with van der Waals surface area (Å²) >= 11 is 10.4. The number of benzene rings is 4. The third kappa shape index (κ3) is 4.85. The lowest BCUT2D eigenvalue weighted by molar-refractivity contribution is -0.113. The number of carbonyl (C=O) groups excluding carboxylic acids is 1. The van der Waals surface area contributed by atoms with Crippen molar-refractivity contribution in [2.75, 3.05) is 12.0 Å². The third-order valence-electron chi connectivity index (χ3n) is 5.61. The normalized spacial score (nSPS) is 14.7. The highest BCUT2D eigenvalue weighted by Gasteiger charge is 2.33. The van der Waals surface area contributed by atoms with Crippen molar-refractivity contribution in [1.82, 2.24) is 0 Å². The fourth-order valence-electron chi connectivity index (χ4n) is 3.95. The first-order chi connectivity index (χ1) is 17.0. The molecule has 1 fully saturated rings. The first-order valence-electron chi connectivity index (χ1n) is 10.8. The topological polar surface area (TPSA) is 38.8 Å². The minimum atomic E-state index is -0.141. The standard InChI is InChI=1S/C28H20BrNO3S2/c1-32-24-15-18(16-25-27(31)30(28(34)35-25)21-11-3-2-4-12-21)14-23(29)26(24)33-17-20-10-7-9-19-8-5-6-13-22(19)20/h2-16H,17H2,1H3/b25-16-. The van der Waals surface area contributed by atoms with E-state index in [4.69, 9.17) is 21.7 Å². The molecule has 0 saturated carbocycles. The van der Waals surface area contributed by atoms with Gasteiger partial charge < -0.3 is 9.47 Å². The van der Waals surface area contributed by atoms with E-state index in [1.54, 1.807) is 12.0 Å². The number of hydrogen-bond acceptors (Lipinski definition) is 5. The van der Waals surface area contributed by atoms with Crippen LogP contribution < -0.4 is 14.4 Å². The second-order valence-corrected chi connectivity index (χ2v) is 10.3. The second-order valence-electron chi connectivity index (χ2n) is 7.81. The van der Waals surface area contributed by atoms with E-state index in [1.807, 2.05) is 66.7 Å². The SMILES string of the molecule is COc1cc(/C=C2\SC(=S)N(c3ccccc3)C2=O)cc(Br)c1OCc1cccc2ccccc12. The number of carbonyl (C=O) groups is 1. The molecule has 1 heterocycles. The molecule has 0 bridgehead atoms. The van der Waals surface area contributed by atoms with Gasteiger partial charge in [0.05, 0.1) is 22.2 Å². The highest BCUT2D eigenvalue weighted by molar-refractivity contribution is 9.10. The molecule has 174 valence electrons. The first kappa shape index (κ1) is 23.6. The molecule has 7 heteroatoms. The van der Waals surface area contributed by atoms with Crippen LogP contribution in [0.15, 0.2) is 94.3 Å². The average Bonchev–Trinajstić information content (AvgIpc) is 3.15. The summed E-state index contributed by atoms with van der Waals surface area (Å²) in [4.78, 5) is 15.2. The van der Waals surface area contributed by atoms with Crippen molar-refractivity contribution in [1.29, 1.82) is 0 Å². The molecule has 1 aliphatic rings. The van der Waals surface area contributed by atoms with Crippen molar-refractivity contribution in [3.05, 3.63) is 105 Å². The fourth-order valence-corrected chi connectivity index (χ4v) is 5.82. The molecule has 4 aromatic carbocycles. The monoisotopic (exact) mass is 561 g/mol. The molecule has 4 nitrogen and oxygen atoms in total. The molecule has 0 unspecified atom stereocenters. The summed E-state index contributed by atoms with van der Waals surface area (Å²) in [5, 5.41) is 2.32. The summed E-state index contributed by atoms with van der Waals surface area (Å²) in [5.41, 5.74) is 2.65. The van der Waals surface area contributed by atoms with Crippen molar-refractivity contribution in [2.45, 2.75) is 6.61 Å². The van der Waals surface area contributed by atoms with Gasteiger partial charge in [-0.05, 0) is 68.2 Å². The lowest BCUT2D eigenvalue weighted by atomic mass is 10.1. The number of thioether (sulfide) groups is 1. The number of methoxy groups -OCH3 is 1. The molecular weight excluding hydrogens is 542 g/mol. The smallest absolute Gasteiger partial charge is 0.270 e. The van der Waals surface area contributed by atoms with E-state index in [-0.39, 0.29) is 5.91 Å². The Morgan fingerprint density at radius 3 is 2.54 bits per heavy atom. The summed E-state index contributed by atoms with van der Waals surface area (Å²) in [7, 11) is 1.60. The van der Waals surface area contributed by atoms with Crippen LogP contribution in [0, 0.1) is 0 Å². The zero-order valence-electron chi connectivity index (χ0n) is 18.7. The number of nitrogens with zero attached hydrogens (tertiary/aromatic N) is 1. The van der Waals surface area contributed by atoms with Crippen LogP contribution in [0.1, 0.15) is 11.1 Å². The van der Waals surface area contributed by atoms with E-state index in [0.29, 0.717) is 27.3 Å². The van der Waals surface area contributed by atoms with Gasteiger partial charge in [-0.1, -0.05) is 84.6 Å². The van der Waals surface area contributed by atoms with Gasteiger partial charge in [0.2, 0.25) is 0 Å². The first-order valence-corrected chi connectivity index (χ1v) is 12.9. The largest absolute Gasteiger partial charge is 0.493 e. The third-order valence-corrected chi connectivity index (χ3v) is 7.50. The summed E-state index contributed by atoms with van der Waals surface area (Å²) in [6, 6.07) is 27.6. The van der Waals surface area contributed by atoms with Crippen LogP contribution in [0.25, 0.3) is 16.8 Å². The molecule has 0 radical (unpaired) electrons. The zero-order valence-corrected chi connectivity index (χ0v) is 22.0.